The zero-order chi connectivity index (χ0) is 15.0. The molecule has 0 heterocycles. The first kappa shape index (κ1) is 15.3. The highest BCUT2D eigenvalue weighted by atomic mass is 32.2. The van der Waals surface area contributed by atoms with Crippen molar-refractivity contribution in [3.8, 4) is 0 Å². The Bertz CT molecular complexity index is 592. The summed E-state index contributed by atoms with van der Waals surface area (Å²) in [6.07, 6.45) is 3.18. The second-order valence-corrected chi connectivity index (χ2v) is 7.75. The van der Waals surface area contributed by atoms with Gasteiger partial charge in [0.2, 0.25) is 10.0 Å². The van der Waals surface area contributed by atoms with Gasteiger partial charge < -0.3 is 10.8 Å². The second-order valence-electron chi connectivity index (χ2n) is 5.73. The van der Waals surface area contributed by atoms with Crippen molar-refractivity contribution in [2.45, 2.75) is 43.1 Å². The summed E-state index contributed by atoms with van der Waals surface area (Å²) in [4.78, 5) is 0.104. The smallest absolute Gasteiger partial charge is 0.244 e. The Morgan fingerprint density at radius 3 is 2.50 bits per heavy atom. The fourth-order valence-electron chi connectivity index (χ4n) is 2.76. The van der Waals surface area contributed by atoms with Gasteiger partial charge in [0.15, 0.2) is 0 Å². The van der Waals surface area contributed by atoms with E-state index in [0.717, 1.165) is 18.4 Å². The summed E-state index contributed by atoms with van der Waals surface area (Å²) in [6.45, 7) is 1.97. The molecule has 112 valence electrons. The Morgan fingerprint density at radius 1 is 1.35 bits per heavy atom. The molecule has 0 saturated heterocycles. The van der Waals surface area contributed by atoms with Crippen LogP contribution in [0.5, 0.6) is 0 Å². The summed E-state index contributed by atoms with van der Waals surface area (Å²) >= 11 is 0. The predicted octanol–water partition coefficient (Wildman–Crippen LogP) is 1.50. The number of anilines is 1. The molecule has 20 heavy (non-hydrogen) atoms. The number of hydrogen-bond donors (Lipinski definition) is 2. The lowest BCUT2D eigenvalue weighted by Gasteiger charge is -2.28. The minimum absolute atomic E-state index is 0.104. The van der Waals surface area contributed by atoms with Gasteiger partial charge in [-0.05, 0) is 37.5 Å². The maximum Gasteiger partial charge on any atom is 0.244 e. The normalized spacial score (nSPS) is 18.6. The highest BCUT2D eigenvalue weighted by molar-refractivity contribution is 7.89. The molecular formula is C14H22N2O3S. The van der Waals surface area contributed by atoms with Gasteiger partial charge in [-0.15, -0.1) is 0 Å². The third-order valence-corrected chi connectivity index (χ3v) is 5.78. The van der Waals surface area contributed by atoms with Crippen molar-refractivity contribution in [3.63, 3.8) is 0 Å². The molecule has 0 unspecified atom stereocenters. The molecule has 5 nitrogen and oxygen atoms in total. The van der Waals surface area contributed by atoms with Crippen molar-refractivity contribution < 1.29 is 13.5 Å². The zero-order valence-corrected chi connectivity index (χ0v) is 12.8. The maximum atomic E-state index is 12.5. The van der Waals surface area contributed by atoms with Crippen LogP contribution in [0.15, 0.2) is 23.1 Å². The van der Waals surface area contributed by atoms with Crippen LogP contribution in [0.4, 0.5) is 5.69 Å². The first-order chi connectivity index (χ1) is 9.24. The third kappa shape index (κ3) is 2.97. The Balaban J connectivity index is 2.25. The lowest BCUT2D eigenvalue weighted by molar-refractivity contribution is 0.0333. The first-order valence-corrected chi connectivity index (χ1v) is 8.23. The average Bonchev–Trinajstić information content (AvgIpc) is 2.75. The molecule has 0 atom stereocenters. The number of likely N-dealkylation sites (N-methyl/N-ethyl adjacent to an activating group) is 1. The van der Waals surface area contributed by atoms with Gasteiger partial charge in [-0.25, -0.2) is 8.42 Å². The number of aryl methyl sites for hydroxylation is 1. The van der Waals surface area contributed by atoms with E-state index in [1.165, 1.54) is 17.4 Å². The van der Waals surface area contributed by atoms with Crippen LogP contribution >= 0.6 is 0 Å². The molecule has 0 aromatic heterocycles. The van der Waals surface area contributed by atoms with Gasteiger partial charge in [0.25, 0.3) is 0 Å². The standard InChI is InChI=1S/C14H22N2O3S/c1-11-5-6-13(12(15)9-11)20(18,19)16(2)10-14(17)7-3-4-8-14/h5-6,9,17H,3-4,7-8,10,15H2,1-2H3. The van der Waals surface area contributed by atoms with Gasteiger partial charge in [-0.1, -0.05) is 18.9 Å². The molecule has 1 aromatic rings. The van der Waals surface area contributed by atoms with E-state index >= 15 is 0 Å². The van der Waals surface area contributed by atoms with Crippen LogP contribution < -0.4 is 5.73 Å². The van der Waals surface area contributed by atoms with Crippen LogP contribution in [0.25, 0.3) is 0 Å². The number of rotatable bonds is 4. The number of aliphatic hydroxyl groups is 1. The van der Waals surface area contributed by atoms with Gasteiger partial charge in [-0.3, -0.25) is 0 Å². The van der Waals surface area contributed by atoms with Crippen molar-refractivity contribution in [1.82, 2.24) is 4.31 Å². The van der Waals surface area contributed by atoms with E-state index in [9.17, 15) is 13.5 Å². The number of sulfonamides is 1. The van der Waals surface area contributed by atoms with E-state index in [4.69, 9.17) is 5.73 Å². The summed E-state index contributed by atoms with van der Waals surface area (Å²) < 4.78 is 26.3. The molecule has 0 amide bonds. The van der Waals surface area contributed by atoms with E-state index in [0.29, 0.717) is 12.8 Å². The fourth-order valence-corrected chi connectivity index (χ4v) is 4.10. The quantitative estimate of drug-likeness (QED) is 0.825. The number of nitrogens with two attached hydrogens (primary N) is 1. The van der Waals surface area contributed by atoms with Crippen molar-refractivity contribution >= 4 is 15.7 Å². The summed E-state index contributed by atoms with van der Waals surface area (Å²) in [5.74, 6) is 0. The number of nitrogens with zero attached hydrogens (tertiary/aromatic N) is 1. The molecule has 1 saturated carbocycles. The topological polar surface area (TPSA) is 83.6 Å². The molecule has 2 rings (SSSR count). The van der Waals surface area contributed by atoms with E-state index in [2.05, 4.69) is 0 Å². The SMILES string of the molecule is Cc1ccc(S(=O)(=O)N(C)CC2(O)CCCC2)c(N)c1. The fraction of sp³-hybridized carbons (Fsp3) is 0.571. The van der Waals surface area contributed by atoms with Gasteiger partial charge in [0.1, 0.15) is 4.90 Å². The summed E-state index contributed by atoms with van der Waals surface area (Å²) in [5, 5.41) is 10.3. The molecule has 1 aliphatic carbocycles. The van der Waals surface area contributed by atoms with Crippen molar-refractivity contribution in [1.29, 1.82) is 0 Å². The zero-order valence-electron chi connectivity index (χ0n) is 12.0. The van der Waals surface area contributed by atoms with Crippen LogP contribution in [0.3, 0.4) is 0 Å². The lowest BCUT2D eigenvalue weighted by Crippen LogP contribution is -2.42. The van der Waals surface area contributed by atoms with Gasteiger partial charge >= 0.3 is 0 Å². The number of benzene rings is 1. The largest absolute Gasteiger partial charge is 0.398 e. The maximum absolute atomic E-state index is 12.5. The van der Waals surface area contributed by atoms with Crippen LogP contribution in [-0.4, -0.2) is 37.0 Å². The summed E-state index contributed by atoms with van der Waals surface area (Å²) in [6, 6.07) is 4.89. The second kappa shape index (κ2) is 5.35. The monoisotopic (exact) mass is 298 g/mol. The van der Waals surface area contributed by atoms with Gasteiger partial charge in [0.05, 0.1) is 11.3 Å². The average molecular weight is 298 g/mol. The summed E-state index contributed by atoms with van der Waals surface area (Å²) in [5.41, 5.74) is 6.08. The molecule has 1 aliphatic rings. The van der Waals surface area contributed by atoms with E-state index in [1.54, 1.807) is 12.1 Å². The minimum Gasteiger partial charge on any atom is -0.398 e. The highest BCUT2D eigenvalue weighted by Gasteiger charge is 2.36. The highest BCUT2D eigenvalue weighted by Crippen LogP contribution is 2.32. The molecule has 6 heteroatoms. The van der Waals surface area contributed by atoms with Crippen molar-refractivity contribution in [3.05, 3.63) is 23.8 Å². The first-order valence-electron chi connectivity index (χ1n) is 6.79. The Morgan fingerprint density at radius 2 is 1.95 bits per heavy atom. The van der Waals surface area contributed by atoms with E-state index < -0.39 is 15.6 Å². The van der Waals surface area contributed by atoms with Gasteiger partial charge in [0, 0.05) is 13.6 Å². The minimum atomic E-state index is -3.66. The molecule has 0 bridgehead atoms. The van der Waals surface area contributed by atoms with Crippen LogP contribution in [0.2, 0.25) is 0 Å². The van der Waals surface area contributed by atoms with Crippen molar-refractivity contribution in [2.24, 2.45) is 0 Å². The third-order valence-electron chi connectivity index (χ3n) is 3.90. The molecule has 3 N–H and O–H groups in total. The van der Waals surface area contributed by atoms with Crippen LogP contribution in [-0.2, 0) is 10.0 Å². The molecule has 1 aromatic carbocycles. The predicted molar refractivity (Wildman–Crippen MR) is 78.8 cm³/mol. The van der Waals surface area contributed by atoms with E-state index in [1.807, 2.05) is 6.92 Å². The molecule has 0 spiro atoms. The summed E-state index contributed by atoms with van der Waals surface area (Å²) in [7, 11) is -2.17. The van der Waals surface area contributed by atoms with Gasteiger partial charge in [-0.2, -0.15) is 4.31 Å². The van der Waals surface area contributed by atoms with E-state index in [-0.39, 0.29) is 17.1 Å². The number of hydrogen-bond acceptors (Lipinski definition) is 4. The molecular weight excluding hydrogens is 276 g/mol. The Kier molecular flexibility index (Phi) is 4.09. The lowest BCUT2D eigenvalue weighted by atomic mass is 10.0. The molecule has 0 radical (unpaired) electrons. The van der Waals surface area contributed by atoms with Crippen LogP contribution in [0.1, 0.15) is 31.2 Å². The Hall–Kier alpha value is -1.11. The Labute approximate surface area is 120 Å². The molecule has 0 aliphatic heterocycles. The number of nitrogen functional groups attached to an aromatic ring is 1. The molecule has 1 fully saturated rings. The van der Waals surface area contributed by atoms with Crippen LogP contribution in [0, 0.1) is 6.92 Å². The van der Waals surface area contributed by atoms with Crippen molar-refractivity contribution in [2.75, 3.05) is 19.3 Å².